The van der Waals surface area contributed by atoms with Crippen molar-refractivity contribution in [2.24, 2.45) is 0 Å². The first kappa shape index (κ1) is 23.9. The van der Waals surface area contributed by atoms with Crippen molar-refractivity contribution >= 4 is 15.7 Å². The topological polar surface area (TPSA) is 72.3 Å². The number of rotatable bonds is 9. The minimum Gasteiger partial charge on any atom is -0.330 e. The van der Waals surface area contributed by atoms with Crippen LogP contribution in [-0.4, -0.2) is 34.8 Å². The third kappa shape index (κ3) is 5.39. The molecule has 0 saturated heterocycles. The summed E-state index contributed by atoms with van der Waals surface area (Å²) in [6, 6.07) is 24.2. The smallest absolute Gasteiger partial charge is 0.254 e. The first-order valence-electron chi connectivity index (χ1n) is 11.8. The van der Waals surface area contributed by atoms with Gasteiger partial charge in [-0.1, -0.05) is 66.7 Å². The maximum atomic E-state index is 13.8. The molecule has 8 heteroatoms. The Hall–Kier alpha value is -3.78. The molecule has 5 rings (SSSR count). The second-order valence-electron chi connectivity index (χ2n) is 9.02. The molecule has 0 aliphatic heterocycles. The Kier molecular flexibility index (Phi) is 6.69. The zero-order chi connectivity index (χ0) is 25.1. The molecule has 184 valence electrons. The number of hydrogen-bond acceptors (Lipinski definition) is 4. The lowest BCUT2D eigenvalue weighted by atomic mass is 10.2. The number of hydrogen-bond donors (Lipinski definition) is 0. The fraction of sp³-hybridized carbons (Fsp3) is 0.214. The summed E-state index contributed by atoms with van der Waals surface area (Å²) in [5, 5.41) is -0.0286. The molecule has 6 nitrogen and oxygen atoms in total. The van der Waals surface area contributed by atoms with Gasteiger partial charge in [0.2, 0.25) is 15.0 Å². The van der Waals surface area contributed by atoms with E-state index < -0.39 is 15.7 Å². The van der Waals surface area contributed by atoms with Crippen LogP contribution in [0.15, 0.2) is 96.3 Å². The largest absolute Gasteiger partial charge is 0.330 e. The molecule has 0 radical (unpaired) electrons. The molecule has 0 spiro atoms. The second kappa shape index (κ2) is 10.1. The summed E-state index contributed by atoms with van der Waals surface area (Å²) < 4.78 is 42.4. The lowest BCUT2D eigenvalue weighted by molar-refractivity contribution is 0.0725. The molecular weight excluding hydrogens is 477 g/mol. The normalized spacial score (nSPS) is 13.5. The van der Waals surface area contributed by atoms with Gasteiger partial charge < -0.3 is 9.47 Å². The molecule has 1 amide bonds. The van der Waals surface area contributed by atoms with E-state index in [2.05, 4.69) is 4.98 Å². The van der Waals surface area contributed by atoms with Crippen molar-refractivity contribution in [2.75, 3.05) is 0 Å². The molecule has 4 aromatic rings. The van der Waals surface area contributed by atoms with Gasteiger partial charge in [0.1, 0.15) is 5.82 Å². The van der Waals surface area contributed by atoms with E-state index in [-0.39, 0.29) is 35.0 Å². The van der Waals surface area contributed by atoms with Gasteiger partial charge in [-0.2, -0.15) is 0 Å². The van der Waals surface area contributed by atoms with Crippen LogP contribution in [0.1, 0.15) is 40.0 Å². The Bertz CT molecular complexity index is 1470. The van der Waals surface area contributed by atoms with E-state index in [1.165, 1.54) is 24.4 Å². The predicted octanol–water partition coefficient (Wildman–Crippen LogP) is 4.85. The number of sulfone groups is 1. The van der Waals surface area contributed by atoms with E-state index in [9.17, 15) is 17.6 Å². The van der Waals surface area contributed by atoms with E-state index >= 15 is 0 Å². The summed E-state index contributed by atoms with van der Waals surface area (Å²) in [5.41, 5.74) is 2.48. The molecular formula is C28H26FN3O3S. The quantitative estimate of drug-likeness (QED) is 0.327. The molecule has 36 heavy (non-hydrogen) atoms. The maximum Gasteiger partial charge on any atom is 0.254 e. The van der Waals surface area contributed by atoms with Crippen LogP contribution in [0.3, 0.4) is 0 Å². The summed E-state index contributed by atoms with van der Waals surface area (Å²) in [5.74, 6) is -0.925. The lowest BCUT2D eigenvalue weighted by Gasteiger charge is -2.23. The van der Waals surface area contributed by atoms with Gasteiger partial charge in [-0.25, -0.2) is 17.8 Å². The van der Waals surface area contributed by atoms with E-state index in [1.807, 2.05) is 36.4 Å². The number of carbonyl (C=O) groups excluding carboxylic acids is 1. The van der Waals surface area contributed by atoms with Crippen LogP contribution in [0.4, 0.5) is 4.39 Å². The molecule has 0 unspecified atom stereocenters. The van der Waals surface area contributed by atoms with Crippen molar-refractivity contribution in [2.45, 2.75) is 42.9 Å². The Balaban J connectivity index is 1.50. The van der Waals surface area contributed by atoms with Crippen LogP contribution < -0.4 is 0 Å². The molecule has 3 aromatic carbocycles. The average Bonchev–Trinajstić information content (AvgIpc) is 3.64. The predicted molar refractivity (Wildman–Crippen MR) is 134 cm³/mol. The molecule has 0 N–H and O–H groups in total. The number of aromatic nitrogens is 2. The minimum atomic E-state index is -3.76. The Labute approximate surface area is 210 Å². The van der Waals surface area contributed by atoms with Crippen molar-refractivity contribution in [3.8, 4) is 0 Å². The summed E-state index contributed by atoms with van der Waals surface area (Å²) in [6.07, 6.45) is 3.25. The highest BCUT2D eigenvalue weighted by Gasteiger charge is 2.35. The van der Waals surface area contributed by atoms with Gasteiger partial charge >= 0.3 is 0 Å². The highest BCUT2D eigenvalue weighted by Crippen LogP contribution is 2.31. The number of nitrogens with zero attached hydrogens (tertiary/aromatic N) is 3. The average molecular weight is 504 g/mol. The maximum absolute atomic E-state index is 13.8. The fourth-order valence-electron chi connectivity index (χ4n) is 4.27. The number of halogens is 1. The van der Waals surface area contributed by atoms with Crippen molar-refractivity contribution in [3.05, 3.63) is 119 Å². The van der Waals surface area contributed by atoms with Crippen LogP contribution in [0.5, 0.6) is 0 Å². The molecule has 0 bridgehead atoms. The van der Waals surface area contributed by atoms with E-state index in [1.54, 1.807) is 39.8 Å². The highest BCUT2D eigenvalue weighted by molar-refractivity contribution is 7.90. The van der Waals surface area contributed by atoms with Gasteiger partial charge in [0.25, 0.3) is 5.91 Å². The number of carbonyl (C=O) groups is 1. The first-order chi connectivity index (χ1) is 17.4. The molecule has 1 heterocycles. The van der Waals surface area contributed by atoms with Gasteiger partial charge in [-0.3, -0.25) is 4.79 Å². The summed E-state index contributed by atoms with van der Waals surface area (Å²) in [6.45, 7) is 0.479. The van der Waals surface area contributed by atoms with Crippen LogP contribution in [0.2, 0.25) is 0 Å². The van der Waals surface area contributed by atoms with Crippen molar-refractivity contribution in [1.29, 1.82) is 0 Å². The van der Waals surface area contributed by atoms with Gasteiger partial charge in [-0.05, 0) is 42.2 Å². The number of benzene rings is 3. The highest BCUT2D eigenvalue weighted by atomic mass is 32.2. The van der Waals surface area contributed by atoms with Crippen LogP contribution >= 0.6 is 0 Å². The summed E-state index contributed by atoms with van der Waals surface area (Å²) >= 11 is 0. The molecule has 1 saturated carbocycles. The van der Waals surface area contributed by atoms with Crippen molar-refractivity contribution in [3.63, 3.8) is 0 Å². The van der Waals surface area contributed by atoms with Gasteiger partial charge in [0, 0.05) is 11.6 Å². The molecule has 1 aliphatic carbocycles. The monoisotopic (exact) mass is 503 g/mol. The molecule has 0 atom stereocenters. The van der Waals surface area contributed by atoms with Crippen molar-refractivity contribution < 1.29 is 17.6 Å². The third-order valence-corrected chi connectivity index (χ3v) is 7.81. The summed E-state index contributed by atoms with van der Waals surface area (Å²) in [4.78, 5) is 19.3. The number of amides is 1. The van der Waals surface area contributed by atoms with E-state index in [0.29, 0.717) is 17.8 Å². The van der Waals surface area contributed by atoms with Gasteiger partial charge in [-0.15, -0.1) is 0 Å². The zero-order valence-electron chi connectivity index (χ0n) is 19.6. The Morgan fingerprint density at radius 3 is 2.25 bits per heavy atom. The summed E-state index contributed by atoms with van der Waals surface area (Å²) in [7, 11) is -3.76. The van der Waals surface area contributed by atoms with E-state index in [0.717, 1.165) is 18.4 Å². The van der Waals surface area contributed by atoms with Gasteiger partial charge in [0.15, 0.2) is 0 Å². The standard InChI is InChI=1S/C28H26FN3O3S/c29-24-13-7-12-23(16-24)27(33)31(25-14-15-25)19-26-17-30-28(32(26)18-21-8-3-1-4-9-21)36(34,35)20-22-10-5-2-6-11-22/h1-13,16-17,25H,14-15,18-20H2. The van der Waals surface area contributed by atoms with E-state index in [4.69, 9.17) is 0 Å². The zero-order valence-corrected chi connectivity index (χ0v) is 20.4. The van der Waals surface area contributed by atoms with Crippen LogP contribution in [-0.2, 0) is 28.7 Å². The SMILES string of the molecule is O=C(c1cccc(F)c1)N(Cc1cnc(S(=O)(=O)Cc2ccccc2)n1Cc1ccccc1)C1CC1. The van der Waals surface area contributed by atoms with Crippen LogP contribution in [0, 0.1) is 5.82 Å². The molecule has 1 aliphatic rings. The molecule has 1 fully saturated rings. The Morgan fingerprint density at radius 1 is 0.944 bits per heavy atom. The third-order valence-electron chi connectivity index (χ3n) is 6.22. The Morgan fingerprint density at radius 2 is 1.61 bits per heavy atom. The molecule has 1 aromatic heterocycles. The van der Waals surface area contributed by atoms with Crippen LogP contribution in [0.25, 0.3) is 0 Å². The van der Waals surface area contributed by atoms with Gasteiger partial charge in [0.05, 0.1) is 30.7 Å². The lowest BCUT2D eigenvalue weighted by Crippen LogP contribution is -2.33. The second-order valence-corrected chi connectivity index (χ2v) is 10.9. The first-order valence-corrected chi connectivity index (χ1v) is 13.5. The fourth-order valence-corrected chi connectivity index (χ4v) is 5.77. The van der Waals surface area contributed by atoms with Crippen molar-refractivity contribution in [1.82, 2.24) is 14.5 Å². The minimum absolute atomic E-state index is 0.0286. The number of imidazole rings is 1.